The number of benzene rings is 7. The molecular formula is C63H59N. The minimum absolute atomic E-state index is 0.100. The molecule has 0 aliphatic heterocycles. The molecule has 7 aliphatic rings. The van der Waals surface area contributed by atoms with Crippen LogP contribution in [-0.2, 0) is 21.7 Å². The minimum atomic E-state index is -0.100. The molecule has 64 heavy (non-hydrogen) atoms. The number of fused-ring (bicyclic) bond motifs is 12. The van der Waals surface area contributed by atoms with E-state index in [1.165, 1.54) is 122 Å². The van der Waals surface area contributed by atoms with Gasteiger partial charge in [-0.2, -0.15) is 0 Å². The van der Waals surface area contributed by atoms with Gasteiger partial charge in [-0.25, -0.2) is 0 Å². The second kappa shape index (κ2) is 12.4. The van der Waals surface area contributed by atoms with E-state index in [2.05, 4.69) is 198 Å². The third-order valence-electron chi connectivity index (χ3n) is 19.2. The Balaban J connectivity index is 0.900. The summed E-state index contributed by atoms with van der Waals surface area (Å²) >= 11 is 0. The summed E-state index contributed by atoms with van der Waals surface area (Å²) in [4.78, 5) is 2.54. The summed E-state index contributed by atoms with van der Waals surface area (Å²) in [7, 11) is 0. The van der Waals surface area contributed by atoms with Crippen LogP contribution in [0.4, 0.5) is 17.1 Å². The minimum Gasteiger partial charge on any atom is -0.310 e. The molecule has 7 aromatic carbocycles. The molecule has 0 radical (unpaired) electrons. The van der Waals surface area contributed by atoms with Crippen molar-refractivity contribution in [1.82, 2.24) is 0 Å². The molecule has 0 heterocycles. The number of para-hydroxylation sites is 1. The Morgan fingerprint density at radius 3 is 1.78 bits per heavy atom. The third-order valence-corrected chi connectivity index (χ3v) is 19.2. The lowest BCUT2D eigenvalue weighted by molar-refractivity contribution is -0.231. The highest BCUT2D eigenvalue weighted by Gasteiger charge is 2.84. The van der Waals surface area contributed by atoms with E-state index in [0.717, 1.165) is 23.7 Å². The summed E-state index contributed by atoms with van der Waals surface area (Å²) in [6, 6.07) is 59.4. The molecule has 0 aromatic heterocycles. The fraction of sp³-hybridized carbons (Fsp3) is 0.333. The van der Waals surface area contributed by atoms with Crippen LogP contribution in [0.1, 0.15) is 113 Å². The second-order valence-electron chi connectivity index (χ2n) is 23.2. The van der Waals surface area contributed by atoms with E-state index in [-0.39, 0.29) is 21.7 Å². The van der Waals surface area contributed by atoms with Gasteiger partial charge in [0.25, 0.3) is 0 Å². The summed E-state index contributed by atoms with van der Waals surface area (Å²) in [5.41, 5.74) is 24.6. The van der Waals surface area contributed by atoms with Crippen molar-refractivity contribution in [1.29, 1.82) is 0 Å². The van der Waals surface area contributed by atoms with Gasteiger partial charge in [0.05, 0.1) is 5.69 Å². The van der Waals surface area contributed by atoms with E-state index in [1.54, 1.807) is 11.1 Å². The molecule has 14 rings (SSSR count). The van der Waals surface area contributed by atoms with Crippen molar-refractivity contribution in [3.8, 4) is 44.5 Å². The smallest absolute Gasteiger partial charge is 0.0540 e. The Morgan fingerprint density at radius 1 is 0.422 bits per heavy atom. The van der Waals surface area contributed by atoms with Gasteiger partial charge in [-0.1, -0.05) is 157 Å². The van der Waals surface area contributed by atoms with Crippen LogP contribution >= 0.6 is 0 Å². The van der Waals surface area contributed by atoms with Crippen LogP contribution in [0, 0.1) is 29.1 Å². The number of anilines is 3. The Hall–Kier alpha value is -5.66. The Kier molecular flexibility index (Phi) is 7.28. The summed E-state index contributed by atoms with van der Waals surface area (Å²) < 4.78 is 0. The fourth-order valence-corrected chi connectivity index (χ4v) is 16.2. The fourth-order valence-electron chi connectivity index (χ4n) is 16.2. The highest BCUT2D eigenvalue weighted by Crippen LogP contribution is 2.89. The first-order valence-electron chi connectivity index (χ1n) is 24.6. The zero-order valence-electron chi connectivity index (χ0n) is 38.4. The molecule has 2 spiro atoms. The first-order valence-corrected chi connectivity index (χ1v) is 24.6. The van der Waals surface area contributed by atoms with Crippen LogP contribution in [0.2, 0.25) is 0 Å². The van der Waals surface area contributed by atoms with Crippen LogP contribution in [0.25, 0.3) is 44.5 Å². The lowest BCUT2D eigenvalue weighted by Gasteiger charge is -2.76. The van der Waals surface area contributed by atoms with Gasteiger partial charge in [-0.3, -0.25) is 0 Å². The van der Waals surface area contributed by atoms with Crippen molar-refractivity contribution >= 4 is 17.1 Å². The van der Waals surface area contributed by atoms with Gasteiger partial charge >= 0.3 is 0 Å². The van der Waals surface area contributed by atoms with Crippen molar-refractivity contribution < 1.29 is 0 Å². The predicted octanol–water partition coefficient (Wildman–Crippen LogP) is 16.5. The standard InChI is InChI=1S/C63H59N/c1-59(2)29-30-60(3,4)55-34-41(22-28-52(55)59)45-13-9-12-18-56(45)64(44-25-27-48-46-14-7-10-16-50(46)61(5,6)53(48)36-44)43-23-19-39(20-24-43)40-21-26-49-47-15-8-11-17-51(47)63(54(49)33-40)57-32-38-31-42-35-58(63)62(42,57)37-38/h7-28,33-34,36,38,42,57-58H,29-32,35,37H2,1-6H3. The monoisotopic (exact) mass is 829 g/mol. The van der Waals surface area contributed by atoms with Gasteiger partial charge in [0, 0.05) is 27.8 Å². The molecule has 0 saturated heterocycles. The number of nitrogens with zero attached hydrogens (tertiary/aromatic N) is 1. The molecular weight excluding hydrogens is 771 g/mol. The van der Waals surface area contributed by atoms with Crippen LogP contribution in [0.3, 0.4) is 0 Å². The second-order valence-corrected chi connectivity index (χ2v) is 23.2. The molecule has 6 unspecified atom stereocenters. The lowest BCUT2D eigenvalue weighted by Crippen LogP contribution is -2.73. The zero-order valence-corrected chi connectivity index (χ0v) is 38.4. The van der Waals surface area contributed by atoms with E-state index < -0.39 is 0 Å². The molecule has 4 fully saturated rings. The van der Waals surface area contributed by atoms with Crippen LogP contribution in [0.15, 0.2) is 152 Å². The quantitative estimate of drug-likeness (QED) is 0.167. The summed E-state index contributed by atoms with van der Waals surface area (Å²) in [6.45, 7) is 14.5. The summed E-state index contributed by atoms with van der Waals surface area (Å²) in [5.74, 6) is 3.57. The van der Waals surface area contributed by atoms with Crippen LogP contribution in [-0.4, -0.2) is 0 Å². The SMILES string of the molecule is CC1(C)CCC(C)(C)c2cc(-c3ccccc3N(c3ccc(-c4ccc5c(c4)C4(c6ccccc6-5)C5CC6CC7CC4C75C6)cc3)c3ccc4c(c3)C(C)(C)c3ccccc3-4)ccc21. The first-order chi connectivity index (χ1) is 30.9. The largest absolute Gasteiger partial charge is 0.310 e. The van der Waals surface area contributed by atoms with Crippen molar-refractivity contribution in [3.05, 3.63) is 185 Å². The van der Waals surface area contributed by atoms with Gasteiger partial charge in [-0.15, -0.1) is 0 Å². The Labute approximate surface area is 380 Å². The van der Waals surface area contributed by atoms with Gasteiger partial charge in [0.1, 0.15) is 0 Å². The van der Waals surface area contributed by atoms with Gasteiger partial charge in [0.15, 0.2) is 0 Å². The molecule has 7 aliphatic carbocycles. The van der Waals surface area contributed by atoms with Crippen molar-refractivity contribution in [2.45, 2.75) is 102 Å². The molecule has 0 amide bonds. The van der Waals surface area contributed by atoms with Crippen molar-refractivity contribution in [2.24, 2.45) is 29.1 Å². The first kappa shape index (κ1) is 37.7. The van der Waals surface area contributed by atoms with Gasteiger partial charge < -0.3 is 4.90 Å². The average molecular weight is 830 g/mol. The van der Waals surface area contributed by atoms with Gasteiger partial charge in [0.2, 0.25) is 0 Å². The maximum absolute atomic E-state index is 2.64. The highest BCUT2D eigenvalue weighted by molar-refractivity contribution is 5.92. The molecule has 6 atom stereocenters. The molecule has 4 saturated carbocycles. The van der Waals surface area contributed by atoms with E-state index in [0.29, 0.717) is 5.41 Å². The van der Waals surface area contributed by atoms with E-state index >= 15 is 0 Å². The molecule has 0 N–H and O–H groups in total. The Morgan fingerprint density at radius 2 is 1.00 bits per heavy atom. The summed E-state index contributed by atoms with van der Waals surface area (Å²) in [5, 5.41) is 0. The normalized spacial score (nSPS) is 28.0. The highest BCUT2D eigenvalue weighted by atomic mass is 15.1. The molecule has 7 aromatic rings. The maximum Gasteiger partial charge on any atom is 0.0540 e. The summed E-state index contributed by atoms with van der Waals surface area (Å²) in [6.07, 6.45) is 8.30. The topological polar surface area (TPSA) is 3.24 Å². The number of rotatable bonds is 5. The number of hydrogen-bond acceptors (Lipinski definition) is 1. The van der Waals surface area contributed by atoms with Crippen molar-refractivity contribution in [3.63, 3.8) is 0 Å². The van der Waals surface area contributed by atoms with Crippen LogP contribution < -0.4 is 4.90 Å². The zero-order chi connectivity index (χ0) is 43.1. The predicted molar refractivity (Wildman–Crippen MR) is 266 cm³/mol. The Bertz CT molecular complexity index is 3140. The van der Waals surface area contributed by atoms with Crippen molar-refractivity contribution in [2.75, 3.05) is 4.90 Å². The molecule has 1 nitrogen and oxygen atoms in total. The maximum atomic E-state index is 2.64. The van der Waals surface area contributed by atoms with E-state index in [9.17, 15) is 0 Å². The van der Waals surface area contributed by atoms with E-state index in [1.807, 2.05) is 0 Å². The number of hydrogen-bond donors (Lipinski definition) is 0. The lowest BCUT2D eigenvalue weighted by atomic mass is 9.27. The molecule has 316 valence electrons. The molecule has 1 heteroatoms. The average Bonchev–Trinajstić information content (AvgIpc) is 4.00. The van der Waals surface area contributed by atoms with E-state index in [4.69, 9.17) is 0 Å². The third kappa shape index (κ3) is 4.57. The molecule has 2 bridgehead atoms. The van der Waals surface area contributed by atoms with Crippen LogP contribution in [0.5, 0.6) is 0 Å². The van der Waals surface area contributed by atoms with Gasteiger partial charge in [-0.05, 0) is 187 Å².